The van der Waals surface area contributed by atoms with Crippen LogP contribution in [0.3, 0.4) is 0 Å². The molecule has 12 nitrogen and oxygen atoms in total. The lowest BCUT2D eigenvalue weighted by Crippen LogP contribution is -2.70. The highest BCUT2D eigenvalue weighted by Crippen LogP contribution is 2.62. The van der Waals surface area contributed by atoms with E-state index in [2.05, 4.69) is 19.6 Å². The summed E-state index contributed by atoms with van der Waals surface area (Å²) in [4.78, 5) is 23.1. The second kappa shape index (κ2) is 25.4. The zero-order chi connectivity index (χ0) is 46.9. The monoisotopic (exact) mass is 923 g/mol. The van der Waals surface area contributed by atoms with Crippen molar-refractivity contribution in [2.24, 2.45) is 22.9 Å². The molecule has 0 aromatic heterocycles. The number of oxime groups is 1. The summed E-state index contributed by atoms with van der Waals surface area (Å²) < 4.78 is 32.2. The molecule has 2 aliphatic heterocycles. The number of aliphatic hydroxyl groups is 2. The predicted molar refractivity (Wildman–Crippen MR) is 259 cm³/mol. The molecule has 4 aliphatic rings. The topological polar surface area (TPSA) is 149 Å². The van der Waals surface area contributed by atoms with E-state index in [-0.39, 0.29) is 76.3 Å². The molecule has 0 unspecified atom stereocenters. The molecule has 12 heteroatoms. The number of carbonyl (C=O) groups is 1. The van der Waals surface area contributed by atoms with Crippen molar-refractivity contribution in [2.75, 3.05) is 33.2 Å². The van der Waals surface area contributed by atoms with Crippen LogP contribution in [-0.4, -0.2) is 77.1 Å². The lowest BCUT2D eigenvalue weighted by atomic mass is 9.55. The molecule has 3 aromatic carbocycles. The molecule has 2 heterocycles. The minimum atomic E-state index is -1.48. The zero-order valence-corrected chi connectivity index (χ0v) is 39.7. The van der Waals surface area contributed by atoms with E-state index in [1.807, 2.05) is 54.6 Å². The van der Waals surface area contributed by atoms with Crippen LogP contribution in [0.25, 0.3) is 0 Å². The molecule has 1 saturated carbocycles. The normalized spacial score (nSPS) is 22.9. The fraction of sp³-hybridized carbons (Fsp3) is 0.564. The van der Waals surface area contributed by atoms with Crippen LogP contribution in [-0.2, 0) is 27.5 Å². The summed E-state index contributed by atoms with van der Waals surface area (Å²) in [6.07, 6.45) is 19.9. The van der Waals surface area contributed by atoms with Gasteiger partial charge in [0, 0.05) is 37.7 Å². The van der Waals surface area contributed by atoms with Crippen molar-refractivity contribution in [3.8, 4) is 23.0 Å². The number of amides is 1. The second-order valence-corrected chi connectivity index (χ2v) is 18.7. The number of unbranched alkanes of at least 4 members (excludes halogenated alkanes) is 11. The molecule has 6 atom stereocenters. The van der Waals surface area contributed by atoms with Gasteiger partial charge in [0.1, 0.15) is 24.1 Å². The van der Waals surface area contributed by atoms with Gasteiger partial charge in [0.25, 0.3) is 0 Å². The van der Waals surface area contributed by atoms with E-state index >= 15 is 4.79 Å². The quantitative estimate of drug-likeness (QED) is 0.0365. The van der Waals surface area contributed by atoms with Crippen LogP contribution in [0.5, 0.6) is 23.0 Å². The Morgan fingerprint density at radius 1 is 0.836 bits per heavy atom. The average Bonchev–Trinajstić information content (AvgIpc) is 3.82. The number of phenols is 1. The highest BCUT2D eigenvalue weighted by Gasteiger charge is 2.65. The number of aromatic hydroxyl groups is 1. The van der Waals surface area contributed by atoms with Gasteiger partial charge in [-0.05, 0) is 91.0 Å². The molecule has 1 fully saturated rings. The maximum atomic E-state index is 15.1. The molecular weight excluding hydrogens is 849 g/mol. The standard InChI is InChI=1S/C55H74N2O10/c1-3-5-6-7-8-9-10-11-12-20-32-62-54(61)57(37-41-25-27-49-50(33-41)64-39-63-49)51-36-47(56-66-38-40-21-14-13-15-22-40)45-34-42(23-16-18-29-58)44(24-17-19-30-59)52-46-35-43(60)26-28-48(46)67-55(51,53(45)52)65-31-4-2/h4,13-15,21-22,25-28,33-35,42,44,51-53,58-60H,2-3,5-12,16-20,23-24,29-32,36-39H2,1H3/t42-,44+,51-,52+,53+,55+/m0/s1. The van der Waals surface area contributed by atoms with E-state index in [1.165, 1.54) is 44.9 Å². The van der Waals surface area contributed by atoms with Crippen molar-refractivity contribution in [3.05, 3.63) is 108 Å². The fourth-order valence-electron chi connectivity index (χ4n) is 10.8. The van der Waals surface area contributed by atoms with E-state index in [1.54, 1.807) is 23.1 Å². The molecule has 0 bridgehead atoms. The van der Waals surface area contributed by atoms with Gasteiger partial charge in [0.15, 0.2) is 11.5 Å². The van der Waals surface area contributed by atoms with Crippen molar-refractivity contribution in [3.63, 3.8) is 0 Å². The van der Waals surface area contributed by atoms with Crippen molar-refractivity contribution >= 4 is 11.8 Å². The number of fused-ring (bicyclic) bond motifs is 3. The molecular formula is C55H74N2O10. The lowest BCUT2D eigenvalue weighted by Gasteiger charge is -2.59. The molecule has 364 valence electrons. The van der Waals surface area contributed by atoms with Crippen LogP contribution in [0.15, 0.2) is 96.2 Å². The van der Waals surface area contributed by atoms with Crippen LogP contribution in [0.2, 0.25) is 0 Å². The van der Waals surface area contributed by atoms with E-state index in [0.717, 1.165) is 67.2 Å². The van der Waals surface area contributed by atoms with E-state index in [4.69, 9.17) is 33.7 Å². The SMILES string of the molecule is C=CCO[C@@]12Oc3ccc(O)cc3[C@H]3[C@H](CCCCO)[C@@H](CCCCO)C=C(C(=NOCc4ccccc4)C[C@@H]1N(Cc1ccc4c(c1)OCO4)C(=O)OCCCCCCCCCCCC)[C@H]32. The van der Waals surface area contributed by atoms with Crippen LogP contribution < -0.4 is 14.2 Å². The zero-order valence-electron chi connectivity index (χ0n) is 39.7. The summed E-state index contributed by atoms with van der Waals surface area (Å²) in [5, 5.41) is 36.0. The molecule has 3 N–H and O–H groups in total. The number of hydrogen-bond acceptors (Lipinski definition) is 11. The predicted octanol–water partition coefficient (Wildman–Crippen LogP) is 11.5. The van der Waals surface area contributed by atoms with Crippen LogP contribution >= 0.6 is 0 Å². The highest BCUT2D eigenvalue weighted by atomic mass is 16.7. The van der Waals surface area contributed by atoms with E-state index in [0.29, 0.717) is 35.8 Å². The molecule has 67 heavy (non-hydrogen) atoms. The van der Waals surface area contributed by atoms with E-state index in [9.17, 15) is 15.3 Å². The van der Waals surface area contributed by atoms with Crippen molar-refractivity contribution in [1.82, 2.24) is 4.90 Å². The number of benzene rings is 3. The van der Waals surface area contributed by atoms with Gasteiger partial charge >= 0.3 is 6.09 Å². The fourth-order valence-corrected chi connectivity index (χ4v) is 10.8. The molecule has 7 rings (SSSR count). The van der Waals surface area contributed by atoms with Gasteiger partial charge in [0.05, 0.1) is 24.8 Å². The van der Waals surface area contributed by atoms with Gasteiger partial charge in [-0.25, -0.2) is 4.79 Å². The summed E-state index contributed by atoms with van der Waals surface area (Å²) >= 11 is 0. The Hall–Kier alpha value is -5.04. The number of rotatable bonds is 28. The number of hydrogen-bond donors (Lipinski definition) is 3. The summed E-state index contributed by atoms with van der Waals surface area (Å²) in [7, 11) is 0. The van der Waals surface area contributed by atoms with E-state index < -0.39 is 23.8 Å². The van der Waals surface area contributed by atoms with Crippen molar-refractivity contribution < 1.29 is 48.6 Å². The Morgan fingerprint density at radius 2 is 1.55 bits per heavy atom. The Morgan fingerprint density at radius 3 is 2.30 bits per heavy atom. The number of ether oxygens (including phenoxy) is 5. The number of aliphatic hydroxyl groups excluding tert-OH is 2. The first kappa shape index (κ1) is 49.9. The highest BCUT2D eigenvalue weighted by molar-refractivity contribution is 6.03. The first-order valence-electron chi connectivity index (χ1n) is 25.2. The van der Waals surface area contributed by atoms with Gasteiger partial charge < -0.3 is 43.8 Å². The number of carbonyl (C=O) groups excluding carboxylic acids is 1. The first-order chi connectivity index (χ1) is 32.9. The largest absolute Gasteiger partial charge is 0.508 e. The molecule has 2 aliphatic carbocycles. The van der Waals surface area contributed by atoms with Gasteiger partial charge in [-0.15, -0.1) is 6.58 Å². The van der Waals surface area contributed by atoms with Crippen LogP contribution in [0, 0.1) is 17.8 Å². The third kappa shape index (κ3) is 12.5. The van der Waals surface area contributed by atoms with Gasteiger partial charge in [0.2, 0.25) is 12.6 Å². The Bertz CT molecular complexity index is 2090. The summed E-state index contributed by atoms with van der Waals surface area (Å²) in [5.74, 6) is -0.266. The molecule has 0 saturated heterocycles. The summed E-state index contributed by atoms with van der Waals surface area (Å²) in [6, 6.07) is 20.1. The minimum absolute atomic E-state index is 0.0194. The third-order valence-corrected chi connectivity index (χ3v) is 14.0. The molecule has 1 amide bonds. The second-order valence-electron chi connectivity index (χ2n) is 18.7. The van der Waals surface area contributed by atoms with Gasteiger partial charge in [-0.2, -0.15) is 0 Å². The molecule has 0 radical (unpaired) electrons. The number of nitrogens with zero attached hydrogens (tertiary/aromatic N) is 2. The Kier molecular flexibility index (Phi) is 18.9. The number of phenolic OH excluding ortho intramolecular Hbond substituents is 1. The Labute approximate surface area is 397 Å². The Balaban J connectivity index is 1.30. The number of allylic oxidation sites excluding steroid dienone is 1. The maximum Gasteiger partial charge on any atom is 0.410 e. The van der Waals surface area contributed by atoms with Crippen molar-refractivity contribution in [1.29, 1.82) is 0 Å². The molecule has 3 aromatic rings. The maximum absolute atomic E-state index is 15.1. The van der Waals surface area contributed by atoms with Gasteiger partial charge in [-0.1, -0.05) is 131 Å². The summed E-state index contributed by atoms with van der Waals surface area (Å²) in [5.41, 5.74) is 4.23. The smallest absolute Gasteiger partial charge is 0.410 e. The minimum Gasteiger partial charge on any atom is -0.508 e. The average molecular weight is 923 g/mol. The lowest BCUT2D eigenvalue weighted by molar-refractivity contribution is -0.256. The first-order valence-corrected chi connectivity index (χ1v) is 25.2. The summed E-state index contributed by atoms with van der Waals surface area (Å²) in [6.45, 7) is 7.38. The van der Waals surface area contributed by atoms with Gasteiger partial charge in [-0.3, -0.25) is 4.90 Å². The molecule has 0 spiro atoms. The van der Waals surface area contributed by atoms with Crippen LogP contribution in [0.4, 0.5) is 4.79 Å². The third-order valence-electron chi connectivity index (χ3n) is 14.0. The van der Waals surface area contributed by atoms with Crippen molar-refractivity contribution in [2.45, 2.75) is 147 Å². The van der Waals surface area contributed by atoms with Crippen LogP contribution in [0.1, 0.15) is 139 Å².